The predicted octanol–water partition coefficient (Wildman–Crippen LogP) is 2.10. The van der Waals surface area contributed by atoms with Gasteiger partial charge in [-0.3, -0.25) is 9.51 Å². The highest BCUT2D eigenvalue weighted by Gasteiger charge is 2.46. The molecule has 1 aromatic rings. The Hall–Kier alpha value is -0.950. The normalized spacial score (nSPS) is 14.7. The fraction of sp³-hybridized carbons (Fsp3) is 0.375. The van der Waals surface area contributed by atoms with Gasteiger partial charge in [0.15, 0.2) is 0 Å². The zero-order valence-electron chi connectivity index (χ0n) is 8.55. The lowest BCUT2D eigenvalue weighted by Gasteiger charge is -2.20. The molecule has 9 heteroatoms. The van der Waals surface area contributed by atoms with Gasteiger partial charge in [0.2, 0.25) is 6.10 Å². The van der Waals surface area contributed by atoms with Crippen LogP contribution in [-0.4, -0.2) is 20.9 Å². The first-order valence-electron chi connectivity index (χ1n) is 4.33. The van der Waals surface area contributed by atoms with E-state index in [1.165, 1.54) is 6.07 Å². The summed E-state index contributed by atoms with van der Waals surface area (Å²) in [6, 6.07) is 2.34. The van der Waals surface area contributed by atoms with Crippen LogP contribution in [0.3, 0.4) is 0 Å². The molecule has 0 saturated carbocycles. The quantitative estimate of drug-likeness (QED) is 0.823. The first-order chi connectivity index (χ1) is 7.59. The van der Waals surface area contributed by atoms with Crippen molar-refractivity contribution in [2.45, 2.75) is 19.2 Å². The lowest BCUT2D eigenvalue weighted by molar-refractivity contribution is -0.203. The first kappa shape index (κ1) is 14.1. The number of rotatable bonds is 3. The van der Waals surface area contributed by atoms with E-state index in [-0.39, 0.29) is 0 Å². The molecule has 1 unspecified atom stereocenters. The van der Waals surface area contributed by atoms with Crippen molar-refractivity contribution >= 4 is 7.82 Å². The molecule has 96 valence electrons. The van der Waals surface area contributed by atoms with Crippen LogP contribution in [0.15, 0.2) is 18.3 Å². The molecule has 0 fully saturated rings. The van der Waals surface area contributed by atoms with Gasteiger partial charge in [-0.2, -0.15) is 13.2 Å². The van der Waals surface area contributed by atoms with Crippen LogP contribution in [-0.2, 0) is 9.09 Å². The summed E-state index contributed by atoms with van der Waals surface area (Å²) in [4.78, 5) is 20.3. The van der Waals surface area contributed by atoms with E-state index in [1.807, 2.05) is 0 Å². The average Bonchev–Trinajstić information content (AvgIpc) is 2.13. The highest BCUT2D eigenvalue weighted by atomic mass is 31.2. The largest absolute Gasteiger partial charge is 0.470 e. The van der Waals surface area contributed by atoms with Crippen LogP contribution in [0.2, 0.25) is 0 Å². The van der Waals surface area contributed by atoms with Crippen molar-refractivity contribution in [3.8, 4) is 0 Å². The number of nitrogens with zero attached hydrogens (tertiary/aromatic N) is 1. The van der Waals surface area contributed by atoms with E-state index >= 15 is 0 Å². The van der Waals surface area contributed by atoms with Gasteiger partial charge in [0, 0.05) is 6.20 Å². The molecule has 0 bridgehead atoms. The minimum absolute atomic E-state index is 0.605. The summed E-state index contributed by atoms with van der Waals surface area (Å²) >= 11 is 0. The third kappa shape index (κ3) is 4.43. The van der Waals surface area contributed by atoms with E-state index in [2.05, 4.69) is 9.51 Å². The molecule has 17 heavy (non-hydrogen) atoms. The molecule has 1 aromatic heterocycles. The summed E-state index contributed by atoms with van der Waals surface area (Å²) in [6.45, 7) is 1.61. The maximum absolute atomic E-state index is 12.5. The zero-order chi connectivity index (χ0) is 13.3. The molecule has 0 aliphatic heterocycles. The minimum atomic E-state index is -5.26. The maximum atomic E-state index is 12.5. The van der Waals surface area contributed by atoms with Crippen molar-refractivity contribution < 1.29 is 32.0 Å². The number of phosphoric ester groups is 1. The third-order valence-corrected chi connectivity index (χ3v) is 2.23. The van der Waals surface area contributed by atoms with Gasteiger partial charge in [-0.25, -0.2) is 4.57 Å². The van der Waals surface area contributed by atoms with Crippen LogP contribution in [0.1, 0.15) is 17.4 Å². The maximum Gasteiger partial charge on any atom is 0.470 e. The smallest absolute Gasteiger partial charge is 0.303 e. The van der Waals surface area contributed by atoms with Gasteiger partial charge in [-0.1, -0.05) is 6.07 Å². The molecule has 0 radical (unpaired) electrons. The van der Waals surface area contributed by atoms with Crippen molar-refractivity contribution in [1.82, 2.24) is 4.98 Å². The van der Waals surface area contributed by atoms with Crippen LogP contribution in [0.5, 0.6) is 0 Å². The highest BCUT2D eigenvalue weighted by molar-refractivity contribution is 7.46. The molecule has 0 aliphatic carbocycles. The summed E-state index contributed by atoms with van der Waals surface area (Å²) in [5.74, 6) is 0. The summed E-state index contributed by atoms with van der Waals surface area (Å²) in [5, 5.41) is 0. The first-order valence-corrected chi connectivity index (χ1v) is 5.86. The molecule has 0 saturated heterocycles. The van der Waals surface area contributed by atoms with Crippen LogP contribution in [0, 0.1) is 6.92 Å². The molecule has 0 aromatic carbocycles. The van der Waals surface area contributed by atoms with Gasteiger partial charge < -0.3 is 9.79 Å². The summed E-state index contributed by atoms with van der Waals surface area (Å²) < 4.78 is 51.8. The van der Waals surface area contributed by atoms with Gasteiger partial charge in [-0.05, 0) is 18.6 Å². The van der Waals surface area contributed by atoms with Gasteiger partial charge in [0.05, 0.1) is 5.69 Å². The Morgan fingerprint density at radius 2 is 2.00 bits per heavy atom. The Morgan fingerprint density at radius 1 is 1.41 bits per heavy atom. The van der Waals surface area contributed by atoms with Crippen molar-refractivity contribution in [2.75, 3.05) is 0 Å². The number of aryl methyl sites for hydroxylation is 1. The number of pyridine rings is 1. The van der Waals surface area contributed by atoms with E-state index in [0.29, 0.717) is 5.56 Å². The van der Waals surface area contributed by atoms with Crippen LogP contribution in [0.25, 0.3) is 0 Å². The van der Waals surface area contributed by atoms with E-state index < -0.39 is 25.8 Å². The van der Waals surface area contributed by atoms with Crippen molar-refractivity contribution in [2.24, 2.45) is 0 Å². The number of hydrogen-bond acceptors (Lipinski definition) is 3. The molecule has 0 aliphatic rings. The second-order valence-electron chi connectivity index (χ2n) is 3.28. The molecule has 0 amide bonds. The molecular weight excluding hydrogens is 262 g/mol. The van der Waals surface area contributed by atoms with Crippen LogP contribution < -0.4 is 0 Å². The molecular formula is C8H9F3NO4P. The Kier molecular flexibility index (Phi) is 3.93. The van der Waals surface area contributed by atoms with Crippen molar-refractivity contribution in [1.29, 1.82) is 0 Å². The number of hydrogen-bond donors (Lipinski definition) is 2. The summed E-state index contributed by atoms with van der Waals surface area (Å²) in [5.41, 5.74) is 0.0114. The molecule has 2 N–H and O–H groups in total. The SMILES string of the molecule is Cc1ccc(C(OP(=O)(O)O)C(F)(F)F)nc1. The van der Waals surface area contributed by atoms with Crippen molar-refractivity contribution in [3.05, 3.63) is 29.6 Å². The molecule has 1 heterocycles. The van der Waals surface area contributed by atoms with Gasteiger partial charge in [0.25, 0.3) is 0 Å². The van der Waals surface area contributed by atoms with E-state index in [0.717, 1.165) is 12.3 Å². The fourth-order valence-electron chi connectivity index (χ4n) is 1.05. The summed E-state index contributed by atoms with van der Waals surface area (Å²) in [7, 11) is -5.26. The van der Waals surface area contributed by atoms with E-state index in [1.54, 1.807) is 6.92 Å². The lowest BCUT2D eigenvalue weighted by atomic mass is 10.2. The van der Waals surface area contributed by atoms with Crippen molar-refractivity contribution in [3.63, 3.8) is 0 Å². The van der Waals surface area contributed by atoms with Crippen LogP contribution >= 0.6 is 7.82 Å². The average molecular weight is 271 g/mol. The second kappa shape index (κ2) is 4.73. The van der Waals surface area contributed by atoms with Crippen LogP contribution in [0.4, 0.5) is 13.2 Å². The van der Waals surface area contributed by atoms with Gasteiger partial charge >= 0.3 is 14.0 Å². The molecule has 5 nitrogen and oxygen atoms in total. The number of phosphoric acid groups is 1. The Bertz CT molecular complexity index is 427. The topological polar surface area (TPSA) is 79.7 Å². The number of halogens is 3. The Labute approximate surface area is 94.5 Å². The van der Waals surface area contributed by atoms with E-state index in [9.17, 15) is 17.7 Å². The van der Waals surface area contributed by atoms with Gasteiger partial charge in [0.1, 0.15) is 0 Å². The molecule has 0 spiro atoms. The van der Waals surface area contributed by atoms with E-state index in [4.69, 9.17) is 9.79 Å². The Balaban J connectivity index is 3.07. The number of alkyl halides is 3. The fourth-order valence-corrected chi connectivity index (χ4v) is 1.56. The minimum Gasteiger partial charge on any atom is -0.303 e. The molecule has 1 atom stereocenters. The standard InChI is InChI=1S/C8H9F3NO4P/c1-5-2-3-6(12-4-5)7(8(9,10)11)16-17(13,14)15/h2-4,7H,1H3,(H2,13,14,15). The lowest BCUT2D eigenvalue weighted by Crippen LogP contribution is -2.23. The highest BCUT2D eigenvalue weighted by Crippen LogP contribution is 2.47. The molecule has 1 rings (SSSR count). The predicted molar refractivity (Wildman–Crippen MR) is 50.9 cm³/mol. The van der Waals surface area contributed by atoms with Gasteiger partial charge in [-0.15, -0.1) is 0 Å². The Morgan fingerprint density at radius 3 is 2.35 bits per heavy atom. The monoisotopic (exact) mass is 271 g/mol. The number of aromatic nitrogens is 1. The second-order valence-corrected chi connectivity index (χ2v) is 4.47. The third-order valence-electron chi connectivity index (χ3n) is 1.74. The summed E-state index contributed by atoms with van der Waals surface area (Å²) in [6.07, 6.45) is -6.55. The zero-order valence-corrected chi connectivity index (χ0v) is 9.44.